The minimum Gasteiger partial charge on any atom is -0.449 e. The minimum absolute atomic E-state index is 0.0925. The number of morpholine rings is 1. The second kappa shape index (κ2) is 14.5. The molecule has 246 valence electrons. The van der Waals surface area contributed by atoms with Crippen molar-refractivity contribution in [3.63, 3.8) is 0 Å². The van der Waals surface area contributed by atoms with Gasteiger partial charge in [-0.25, -0.2) is 4.79 Å². The average molecular weight is 672 g/mol. The van der Waals surface area contributed by atoms with Crippen molar-refractivity contribution in [2.45, 2.75) is 59.7 Å². The number of rotatable bonds is 9. The second-order valence-corrected chi connectivity index (χ2v) is 15.1. The Morgan fingerprint density at radius 1 is 1.02 bits per heavy atom. The third kappa shape index (κ3) is 8.51. The molecule has 9 nitrogen and oxygen atoms in total. The van der Waals surface area contributed by atoms with E-state index in [0.717, 1.165) is 66.7 Å². The Kier molecular flexibility index (Phi) is 10.1. The lowest BCUT2D eigenvalue weighted by Gasteiger charge is -2.29. The van der Waals surface area contributed by atoms with Gasteiger partial charge >= 0.3 is 6.09 Å². The van der Waals surface area contributed by atoms with Crippen molar-refractivity contribution in [3.8, 4) is 11.3 Å². The smallest absolute Gasteiger partial charge is 0.407 e. The van der Waals surface area contributed by atoms with Crippen molar-refractivity contribution in [2.24, 2.45) is 5.41 Å². The quantitative estimate of drug-likeness (QED) is 0.147. The van der Waals surface area contributed by atoms with Crippen molar-refractivity contribution >= 4 is 41.0 Å². The molecule has 1 amide bonds. The van der Waals surface area contributed by atoms with E-state index in [9.17, 15) is 9.59 Å². The normalized spacial score (nSPS) is 14.9. The Balaban J connectivity index is 1.19. The van der Waals surface area contributed by atoms with Crippen molar-refractivity contribution in [1.82, 2.24) is 15.3 Å². The summed E-state index contributed by atoms with van der Waals surface area (Å²) in [4.78, 5) is 39.7. The van der Waals surface area contributed by atoms with Crippen molar-refractivity contribution in [2.75, 3.05) is 49.7 Å². The van der Waals surface area contributed by atoms with Crippen LogP contribution in [-0.2, 0) is 9.47 Å². The third-order valence-corrected chi connectivity index (χ3v) is 10.4. The molecule has 0 bridgehead atoms. The predicted molar refractivity (Wildman–Crippen MR) is 189 cm³/mol. The first kappa shape index (κ1) is 33.0. The number of H-pyrrole nitrogens is 1. The number of hydrogen-bond donors (Lipinski definition) is 3. The van der Waals surface area contributed by atoms with Crippen LogP contribution in [0.4, 0.5) is 16.2 Å². The van der Waals surface area contributed by atoms with Crippen molar-refractivity contribution < 1.29 is 14.3 Å². The molecule has 2 aromatic carbocycles. The predicted octanol–water partition coefficient (Wildman–Crippen LogP) is 7.51. The molecule has 0 saturated carbocycles. The fourth-order valence-electron chi connectivity index (χ4n) is 5.49. The van der Waals surface area contributed by atoms with Gasteiger partial charge in [-0.2, -0.15) is 0 Å². The lowest BCUT2D eigenvalue weighted by Crippen LogP contribution is -2.36. The topological polar surface area (TPSA) is 109 Å². The van der Waals surface area contributed by atoms with E-state index >= 15 is 0 Å². The maximum absolute atomic E-state index is 12.7. The number of ether oxygens (including phenoxy) is 2. The average Bonchev–Trinajstić information content (AvgIpc) is 3.05. The van der Waals surface area contributed by atoms with Gasteiger partial charge in [0.1, 0.15) is 0 Å². The summed E-state index contributed by atoms with van der Waals surface area (Å²) in [6.45, 7) is 11.7. The Morgan fingerprint density at radius 2 is 1.83 bits per heavy atom. The van der Waals surface area contributed by atoms with Crippen LogP contribution in [0.5, 0.6) is 0 Å². The molecule has 1 saturated heterocycles. The molecule has 11 heteroatoms. The molecule has 1 fully saturated rings. The van der Waals surface area contributed by atoms with Gasteiger partial charge in [-0.05, 0) is 61.2 Å². The third-order valence-electron chi connectivity index (χ3n) is 7.80. The van der Waals surface area contributed by atoms with E-state index in [1.807, 2.05) is 52.0 Å². The highest BCUT2D eigenvalue weighted by Gasteiger charge is 2.23. The maximum atomic E-state index is 12.7. The molecule has 2 aliphatic heterocycles. The summed E-state index contributed by atoms with van der Waals surface area (Å²) >= 11 is 3.45. The molecule has 1 unspecified atom stereocenters. The summed E-state index contributed by atoms with van der Waals surface area (Å²) in [6.07, 6.45) is 0.224. The van der Waals surface area contributed by atoms with Gasteiger partial charge in [0.2, 0.25) is 5.56 Å². The first-order valence-electron chi connectivity index (χ1n) is 15.9. The summed E-state index contributed by atoms with van der Waals surface area (Å²) in [5.41, 5.74) is 5.37. The Morgan fingerprint density at radius 3 is 2.62 bits per heavy atom. The van der Waals surface area contributed by atoms with E-state index in [1.54, 1.807) is 29.6 Å². The molecule has 47 heavy (non-hydrogen) atoms. The van der Waals surface area contributed by atoms with Crippen LogP contribution >= 0.6 is 23.5 Å². The molecule has 4 heterocycles. The monoisotopic (exact) mass is 671 g/mol. The number of hydrogen-bond acceptors (Lipinski definition) is 9. The van der Waals surface area contributed by atoms with Crippen LogP contribution in [0.15, 0.2) is 91.1 Å². The van der Waals surface area contributed by atoms with Crippen LogP contribution in [0, 0.1) is 12.3 Å². The Bertz CT molecular complexity index is 1800. The van der Waals surface area contributed by atoms with E-state index in [0.29, 0.717) is 32.8 Å². The number of anilines is 2. The number of carbonyl (C=O) groups excluding carboxylic acids is 1. The minimum atomic E-state index is -0.409. The van der Waals surface area contributed by atoms with E-state index in [4.69, 9.17) is 14.5 Å². The summed E-state index contributed by atoms with van der Waals surface area (Å²) < 4.78 is 10.9. The van der Waals surface area contributed by atoms with E-state index in [-0.39, 0.29) is 17.0 Å². The number of carbonyl (C=O) groups is 1. The zero-order chi connectivity index (χ0) is 33.0. The number of aromatic nitrogens is 2. The number of amides is 1. The molecule has 3 N–H and O–H groups in total. The number of pyridine rings is 2. The molecule has 4 aromatic rings. The molecule has 0 spiro atoms. The fourth-order valence-corrected chi connectivity index (χ4v) is 7.90. The number of alkyl carbamates (subject to hydrolysis) is 1. The van der Waals surface area contributed by atoms with Gasteiger partial charge in [-0.1, -0.05) is 62.5 Å². The molecule has 1 atom stereocenters. The Hall–Kier alpha value is -3.93. The van der Waals surface area contributed by atoms with E-state index < -0.39 is 6.09 Å². The number of benzene rings is 2. The highest BCUT2D eigenvalue weighted by molar-refractivity contribution is 8.05. The first-order chi connectivity index (χ1) is 22.6. The zero-order valence-corrected chi connectivity index (χ0v) is 28.9. The van der Waals surface area contributed by atoms with Gasteiger partial charge in [0.25, 0.3) is 0 Å². The number of aryl methyl sites for hydroxylation is 1. The summed E-state index contributed by atoms with van der Waals surface area (Å²) in [6, 6.07) is 22.3. The van der Waals surface area contributed by atoms with Gasteiger partial charge < -0.3 is 30.0 Å². The summed E-state index contributed by atoms with van der Waals surface area (Å²) in [5, 5.41) is 6.57. The maximum Gasteiger partial charge on any atom is 0.407 e. The molecular formula is C36H41N5O4S2. The van der Waals surface area contributed by atoms with Crippen LogP contribution in [-0.4, -0.2) is 55.5 Å². The lowest BCUT2D eigenvalue weighted by atomic mass is 9.99. The van der Waals surface area contributed by atoms with Gasteiger partial charge in [0.05, 0.1) is 37.3 Å². The molecule has 0 aliphatic carbocycles. The number of fused-ring (bicyclic) bond motifs is 2. The van der Waals surface area contributed by atoms with Crippen molar-refractivity contribution in [3.05, 3.63) is 88.5 Å². The number of nitrogens with zero attached hydrogens (tertiary/aromatic N) is 2. The van der Waals surface area contributed by atoms with Gasteiger partial charge in [0, 0.05) is 67.9 Å². The molecule has 0 radical (unpaired) electrons. The number of aromatic amines is 1. The van der Waals surface area contributed by atoms with Gasteiger partial charge in [0.15, 0.2) is 0 Å². The van der Waals surface area contributed by atoms with Crippen LogP contribution in [0.2, 0.25) is 0 Å². The molecule has 2 aliphatic rings. The van der Waals surface area contributed by atoms with Crippen molar-refractivity contribution in [1.29, 1.82) is 0 Å². The lowest BCUT2D eigenvalue weighted by molar-refractivity contribution is 0.106. The van der Waals surface area contributed by atoms with E-state index in [1.165, 1.54) is 0 Å². The van der Waals surface area contributed by atoms with Crippen LogP contribution in [0.25, 0.3) is 11.3 Å². The SMILES string of the molecule is Cc1cccc(C(CCNC(=O)OCC(C)(C)C)Nc2ccc3c(c2)Sc2cccc(-c4cc(N5CCOCC5)cc(=O)[nH]4)c2S3)n1. The Labute approximate surface area is 284 Å². The summed E-state index contributed by atoms with van der Waals surface area (Å²) in [5.74, 6) is 0. The van der Waals surface area contributed by atoms with E-state index in [2.05, 4.69) is 56.9 Å². The van der Waals surface area contributed by atoms with Crippen LogP contribution in [0.3, 0.4) is 0 Å². The second-order valence-electron chi connectivity index (χ2n) is 13.0. The highest BCUT2D eigenvalue weighted by atomic mass is 32.2. The first-order valence-corrected chi connectivity index (χ1v) is 17.6. The van der Waals surface area contributed by atoms with Crippen LogP contribution in [0.1, 0.15) is 44.6 Å². The fraction of sp³-hybridized carbons (Fsp3) is 0.361. The molecule has 6 rings (SSSR count). The largest absolute Gasteiger partial charge is 0.449 e. The zero-order valence-electron chi connectivity index (χ0n) is 27.2. The number of nitrogens with one attached hydrogen (secondary N) is 3. The highest BCUT2D eigenvalue weighted by Crippen LogP contribution is 2.52. The standard InChI is InChI=1S/C36H41N5O4S2/c1-23-7-5-9-27(38-23)28(13-14-37-35(43)45-22-36(2,3)4)39-24-11-12-30-32(19-24)46-31-10-6-8-26(34(31)47-30)29-20-25(21-33(42)40-29)41-15-17-44-18-16-41/h5-12,19-21,28,39H,13-18,22H2,1-4H3,(H,37,43)(H,40,42). The molecular weight excluding hydrogens is 631 g/mol. The van der Waals surface area contributed by atoms with Gasteiger partial charge in [-0.3, -0.25) is 9.78 Å². The summed E-state index contributed by atoms with van der Waals surface area (Å²) in [7, 11) is 0. The molecule has 2 aromatic heterocycles. The van der Waals surface area contributed by atoms with Crippen LogP contribution < -0.4 is 21.1 Å². The van der Waals surface area contributed by atoms with Gasteiger partial charge in [-0.15, -0.1) is 0 Å².